The van der Waals surface area contributed by atoms with Crippen LogP contribution in [0.2, 0.25) is 0 Å². The largest absolute Gasteiger partial charge is 0.353 e. The molecule has 1 atom stereocenters. The molecule has 0 aromatic rings. The van der Waals surface area contributed by atoms with Gasteiger partial charge >= 0.3 is 0 Å². The fourth-order valence-corrected chi connectivity index (χ4v) is 2.41. The van der Waals surface area contributed by atoms with Crippen molar-refractivity contribution in [2.75, 3.05) is 13.2 Å². The molecule has 3 heteroatoms. The third kappa shape index (κ3) is 9.52. The van der Waals surface area contributed by atoms with E-state index in [1.165, 1.54) is 17.6 Å². The van der Waals surface area contributed by atoms with Crippen molar-refractivity contribution in [3.8, 4) is 0 Å². The second-order valence-electron chi connectivity index (χ2n) is 6.47. The molecule has 0 amide bonds. The number of Topliss-reactive ketones (excluding diaryl/α,β-unsaturated/α-hetero) is 1. The Morgan fingerprint density at radius 2 is 1.87 bits per heavy atom. The molecule has 130 valence electrons. The summed E-state index contributed by atoms with van der Waals surface area (Å²) < 4.78 is 11.2. The summed E-state index contributed by atoms with van der Waals surface area (Å²) in [5.41, 5.74) is 3.26. The summed E-state index contributed by atoms with van der Waals surface area (Å²) in [6.45, 7) is 11.1. The van der Waals surface area contributed by atoms with Crippen molar-refractivity contribution in [1.82, 2.24) is 0 Å². The fraction of sp³-hybridized carbons (Fsp3) is 0.650. The van der Waals surface area contributed by atoms with Crippen LogP contribution in [0.1, 0.15) is 65.7 Å². The zero-order valence-corrected chi connectivity index (χ0v) is 15.0. The van der Waals surface area contributed by atoms with Crippen LogP contribution in [0.25, 0.3) is 0 Å². The van der Waals surface area contributed by atoms with E-state index in [2.05, 4.69) is 32.6 Å². The van der Waals surface area contributed by atoms with Crippen molar-refractivity contribution < 1.29 is 14.3 Å². The zero-order valence-electron chi connectivity index (χ0n) is 15.0. The Morgan fingerprint density at radius 3 is 2.52 bits per heavy atom. The van der Waals surface area contributed by atoms with Gasteiger partial charge in [-0.05, 0) is 64.9 Å². The molecule has 1 saturated heterocycles. The number of carbonyl (C=O) groups excluding carboxylic acids is 1. The van der Waals surface area contributed by atoms with E-state index in [1.54, 1.807) is 6.92 Å². The maximum Gasteiger partial charge on any atom is 0.158 e. The first-order valence-corrected chi connectivity index (χ1v) is 8.72. The van der Waals surface area contributed by atoms with Gasteiger partial charge in [-0.1, -0.05) is 29.9 Å². The lowest BCUT2D eigenvalue weighted by Gasteiger charge is -2.22. The van der Waals surface area contributed by atoms with E-state index < -0.39 is 0 Å². The second-order valence-corrected chi connectivity index (χ2v) is 6.47. The molecule has 0 aromatic heterocycles. The maximum absolute atomic E-state index is 11.5. The molecule has 0 spiro atoms. The molecule has 0 bridgehead atoms. The van der Waals surface area contributed by atoms with E-state index in [1.807, 2.05) is 0 Å². The van der Waals surface area contributed by atoms with Crippen molar-refractivity contribution in [2.45, 2.75) is 72.0 Å². The van der Waals surface area contributed by atoms with Crippen molar-refractivity contribution in [1.29, 1.82) is 0 Å². The van der Waals surface area contributed by atoms with Crippen molar-refractivity contribution in [3.63, 3.8) is 0 Å². The van der Waals surface area contributed by atoms with Gasteiger partial charge in [0.2, 0.25) is 0 Å². The van der Waals surface area contributed by atoms with E-state index in [4.69, 9.17) is 9.47 Å². The third-order valence-corrected chi connectivity index (χ3v) is 4.11. The average molecular weight is 320 g/mol. The highest BCUT2D eigenvalue weighted by atomic mass is 16.7. The summed E-state index contributed by atoms with van der Waals surface area (Å²) in [4.78, 5) is 11.5. The van der Waals surface area contributed by atoms with Crippen LogP contribution in [0.5, 0.6) is 0 Å². The molecular weight excluding hydrogens is 288 g/mol. The first-order valence-electron chi connectivity index (χ1n) is 8.72. The normalized spacial score (nSPS) is 19.7. The number of carbonyl (C=O) groups is 1. The minimum Gasteiger partial charge on any atom is -0.353 e. The van der Waals surface area contributed by atoms with Gasteiger partial charge in [-0.2, -0.15) is 0 Å². The van der Waals surface area contributed by atoms with Gasteiger partial charge in [-0.15, -0.1) is 0 Å². The Balaban J connectivity index is 2.17. The Bertz CT molecular complexity index is 440. The van der Waals surface area contributed by atoms with Crippen LogP contribution in [-0.4, -0.2) is 25.3 Å². The van der Waals surface area contributed by atoms with Gasteiger partial charge in [0.05, 0.1) is 6.61 Å². The number of hydrogen-bond donors (Lipinski definition) is 0. The number of allylic oxidation sites excluding steroid dienone is 4. The van der Waals surface area contributed by atoms with Gasteiger partial charge in [-0.3, -0.25) is 4.79 Å². The van der Waals surface area contributed by atoms with E-state index >= 15 is 0 Å². The Labute approximate surface area is 141 Å². The summed E-state index contributed by atoms with van der Waals surface area (Å²) in [5.74, 6) is 0.163. The summed E-state index contributed by atoms with van der Waals surface area (Å²) in [7, 11) is 0. The standard InChI is InChI=1S/C20H32O3/c1-16(2)19(21)12-11-17(3)8-7-9-18(4)13-15-23-20-10-5-6-14-22-20/h8,13,20H,1,5-7,9-12,14-15H2,2-4H3/b17-8-,18-13+. The van der Waals surface area contributed by atoms with E-state index in [0.29, 0.717) is 18.6 Å². The maximum atomic E-state index is 11.5. The Morgan fingerprint density at radius 1 is 1.13 bits per heavy atom. The molecule has 0 N–H and O–H groups in total. The number of hydrogen-bond acceptors (Lipinski definition) is 3. The van der Waals surface area contributed by atoms with Gasteiger partial charge in [0, 0.05) is 13.0 Å². The average Bonchev–Trinajstić information content (AvgIpc) is 2.53. The zero-order chi connectivity index (χ0) is 17.1. The van der Waals surface area contributed by atoms with Crippen LogP contribution in [0, 0.1) is 0 Å². The molecule has 1 aliphatic heterocycles. The molecular formula is C20H32O3. The lowest BCUT2D eigenvalue weighted by Crippen LogP contribution is -2.22. The molecule has 0 aromatic carbocycles. The molecule has 1 heterocycles. The Kier molecular flexibility index (Phi) is 9.81. The molecule has 1 rings (SSSR count). The molecule has 23 heavy (non-hydrogen) atoms. The summed E-state index contributed by atoms with van der Waals surface area (Å²) in [6.07, 6.45) is 11.2. The minimum atomic E-state index is -0.0132. The highest BCUT2D eigenvalue weighted by Crippen LogP contribution is 2.15. The van der Waals surface area contributed by atoms with Crippen molar-refractivity contribution in [3.05, 3.63) is 35.5 Å². The topological polar surface area (TPSA) is 35.5 Å². The predicted octanol–water partition coefficient (Wildman–Crippen LogP) is 5.13. The number of ether oxygens (including phenoxy) is 2. The molecule has 3 nitrogen and oxygen atoms in total. The van der Waals surface area contributed by atoms with Crippen LogP contribution in [0.3, 0.4) is 0 Å². The second kappa shape index (κ2) is 11.4. The SMILES string of the molecule is C=C(C)C(=O)CC/C(C)=C\CC/C(C)=C/COC1CCCCO1. The predicted molar refractivity (Wildman–Crippen MR) is 95.3 cm³/mol. The molecule has 1 fully saturated rings. The van der Waals surface area contributed by atoms with Crippen LogP contribution in [0.4, 0.5) is 0 Å². The lowest BCUT2D eigenvalue weighted by atomic mass is 10.0. The summed E-state index contributed by atoms with van der Waals surface area (Å²) in [6, 6.07) is 0. The van der Waals surface area contributed by atoms with Crippen LogP contribution >= 0.6 is 0 Å². The smallest absolute Gasteiger partial charge is 0.158 e. The molecule has 0 radical (unpaired) electrons. The first-order chi connectivity index (χ1) is 11.0. The van der Waals surface area contributed by atoms with E-state index in [-0.39, 0.29) is 12.1 Å². The molecule has 1 aliphatic rings. The lowest BCUT2D eigenvalue weighted by molar-refractivity contribution is -0.155. The van der Waals surface area contributed by atoms with E-state index in [0.717, 1.165) is 38.7 Å². The van der Waals surface area contributed by atoms with Crippen LogP contribution in [-0.2, 0) is 14.3 Å². The number of ketones is 1. The molecule has 0 saturated carbocycles. The monoisotopic (exact) mass is 320 g/mol. The van der Waals surface area contributed by atoms with Gasteiger partial charge in [0.15, 0.2) is 12.1 Å². The van der Waals surface area contributed by atoms with Gasteiger partial charge in [0.1, 0.15) is 0 Å². The van der Waals surface area contributed by atoms with Gasteiger partial charge in [0.25, 0.3) is 0 Å². The number of rotatable bonds is 10. The van der Waals surface area contributed by atoms with Crippen LogP contribution < -0.4 is 0 Å². The van der Waals surface area contributed by atoms with Gasteiger partial charge < -0.3 is 9.47 Å². The van der Waals surface area contributed by atoms with Crippen molar-refractivity contribution >= 4 is 5.78 Å². The minimum absolute atomic E-state index is 0.0132. The first kappa shape index (κ1) is 19.9. The quantitative estimate of drug-likeness (QED) is 0.413. The third-order valence-electron chi connectivity index (χ3n) is 4.11. The van der Waals surface area contributed by atoms with Gasteiger partial charge in [-0.25, -0.2) is 0 Å². The highest BCUT2D eigenvalue weighted by molar-refractivity contribution is 5.94. The van der Waals surface area contributed by atoms with Crippen molar-refractivity contribution in [2.24, 2.45) is 0 Å². The highest BCUT2D eigenvalue weighted by Gasteiger charge is 2.12. The Hall–Kier alpha value is -1.19. The fourth-order valence-electron chi connectivity index (χ4n) is 2.41. The van der Waals surface area contributed by atoms with Crippen LogP contribution in [0.15, 0.2) is 35.5 Å². The summed E-state index contributed by atoms with van der Waals surface area (Å²) >= 11 is 0. The van der Waals surface area contributed by atoms with E-state index in [9.17, 15) is 4.79 Å². The molecule has 1 unspecified atom stereocenters. The molecule has 0 aliphatic carbocycles. The summed E-state index contributed by atoms with van der Waals surface area (Å²) in [5, 5.41) is 0.